The molecular weight excluding hydrogens is 794 g/mol. The Morgan fingerprint density at radius 1 is 1.12 bits per heavy atom. The molecule has 1 fully saturated rings. The number of hydrogen-bond donors (Lipinski definition) is 8. The molecule has 1 saturated heterocycles. The number of nitrogens with one attached hydrogen (secondary N) is 2. The number of aliphatic hydroxyl groups excluding tert-OH is 2. The number of fused-ring (bicyclic) bond motifs is 1. The number of aliphatic hydroxyl groups is 2. The number of phosphoric ester groups is 3. The average Bonchev–Trinajstić information content (AvgIpc) is 3.57. The second-order valence-electron chi connectivity index (χ2n) is 11.4. The monoisotopic (exact) mass is 831 g/mol. The zero-order valence-electron chi connectivity index (χ0n) is 28.0. The van der Waals surface area contributed by atoms with Crippen LogP contribution < -0.4 is 50.8 Å². The second kappa shape index (κ2) is 19.4. The van der Waals surface area contributed by atoms with E-state index in [9.17, 15) is 57.9 Å². The predicted octanol–water partition coefficient (Wildman–Crippen LogP) is -4.94. The second-order valence-corrected chi connectivity index (χ2v) is 16.9. The van der Waals surface area contributed by atoms with Crippen LogP contribution in [0.3, 0.4) is 0 Å². The molecule has 3 heterocycles. The zero-order chi connectivity index (χ0) is 38.4. The normalized spacial score (nSPS) is 23.1. The van der Waals surface area contributed by atoms with Crippen LogP contribution in [-0.2, 0) is 50.7 Å². The Labute approximate surface area is 321 Å². The van der Waals surface area contributed by atoms with Gasteiger partial charge in [0.2, 0.25) is 11.8 Å². The summed E-state index contributed by atoms with van der Waals surface area (Å²) < 4.78 is 61.5. The van der Waals surface area contributed by atoms with Gasteiger partial charge >= 0.3 is 45.2 Å². The Hall–Kier alpha value is -1.44. The van der Waals surface area contributed by atoms with Crippen molar-refractivity contribution in [2.24, 2.45) is 5.41 Å². The summed E-state index contributed by atoms with van der Waals surface area (Å²) in [6, 6.07) is 0. The molecule has 1 aliphatic heterocycles. The molecule has 0 radical (unpaired) electrons. The summed E-state index contributed by atoms with van der Waals surface area (Å²) in [4.78, 5) is 87.9. The molecule has 8 atom stereocenters. The Morgan fingerprint density at radius 2 is 1.77 bits per heavy atom. The van der Waals surface area contributed by atoms with Crippen molar-refractivity contribution in [2.45, 2.75) is 57.8 Å². The van der Waals surface area contributed by atoms with Gasteiger partial charge in [-0.15, -0.1) is 0 Å². The Balaban J connectivity index is 0.00000936. The van der Waals surface area contributed by atoms with E-state index in [2.05, 4.69) is 34.4 Å². The molecule has 29 heteroatoms. The number of rotatable bonds is 19. The quantitative estimate of drug-likeness (QED) is 0.0373. The number of nitrogens with zero attached hydrogens (tertiary/aromatic N) is 4. The van der Waals surface area contributed by atoms with Gasteiger partial charge in [0.1, 0.15) is 36.3 Å². The maximum Gasteiger partial charge on any atom is 1.00 e. The third kappa shape index (κ3) is 14.0. The molecule has 4 unspecified atom stereocenters. The number of imidazole rings is 1. The molecule has 24 nitrogen and oxygen atoms in total. The van der Waals surface area contributed by atoms with E-state index in [1.54, 1.807) is 0 Å². The first kappa shape index (κ1) is 46.7. The van der Waals surface area contributed by atoms with Crippen LogP contribution in [0.4, 0.5) is 5.82 Å². The van der Waals surface area contributed by atoms with Crippen molar-refractivity contribution in [1.29, 1.82) is 0 Å². The van der Waals surface area contributed by atoms with E-state index in [1.807, 2.05) is 0 Å². The van der Waals surface area contributed by atoms with Gasteiger partial charge in [-0.3, -0.25) is 32.6 Å². The van der Waals surface area contributed by atoms with E-state index < -0.39 is 84.6 Å². The number of ether oxygens (including phenoxy) is 1. The number of nitrogens with two attached hydrogens (primary N) is 1. The van der Waals surface area contributed by atoms with Crippen LogP contribution in [0.5, 0.6) is 0 Å². The molecule has 0 spiro atoms. The predicted molar refractivity (Wildman–Crippen MR) is 171 cm³/mol. The standard InChI is InChI=1S/C23H38N7O17P3S.Na/c1-12(31)51-7-6-25-14(32)4-5-26-21(35)18(34)23(2,3)9-44-50(41,42)47-49(39,40)43-8-13-17(46-48(36,37)38)16(33)22(45-13)30-11-29-15-19(24)27-10-28-20(15)30;/h10-11,13,16-18,22,33-34H,4-9H2,1-3H3,(H,25,32)(H,26,35)(H,39,40)(H,41,42)(H2,24,27,28)(H2,36,37,38);/q;+1/p-1/t13-,16-,17-,18?,22-;/m0./s1. The number of aromatic nitrogens is 4. The summed E-state index contributed by atoms with van der Waals surface area (Å²) in [6.07, 6.45) is -7.08. The summed E-state index contributed by atoms with van der Waals surface area (Å²) in [5.74, 6) is -1.10. The van der Waals surface area contributed by atoms with Crippen molar-refractivity contribution in [3.63, 3.8) is 0 Å². The van der Waals surface area contributed by atoms with Gasteiger partial charge in [-0.1, -0.05) is 25.6 Å². The van der Waals surface area contributed by atoms with Crippen molar-refractivity contribution in [1.82, 2.24) is 30.2 Å². The topological polar surface area (TPSA) is 366 Å². The fourth-order valence-electron chi connectivity index (χ4n) is 4.32. The minimum Gasteiger partial charge on any atom is -0.756 e. The maximum absolute atomic E-state index is 12.6. The Kier molecular flexibility index (Phi) is 17.5. The van der Waals surface area contributed by atoms with Crippen LogP contribution in [-0.4, -0.2) is 118 Å². The molecule has 1 aliphatic rings. The number of amides is 2. The number of carbonyl (C=O) groups excluding carboxylic acids is 3. The molecule has 3 rings (SSSR count). The first-order valence-electron chi connectivity index (χ1n) is 14.5. The van der Waals surface area contributed by atoms with Crippen LogP contribution in [0, 0.1) is 5.41 Å². The van der Waals surface area contributed by atoms with Gasteiger partial charge in [0.25, 0.3) is 7.82 Å². The molecule has 288 valence electrons. The van der Waals surface area contributed by atoms with Gasteiger partial charge in [-0.25, -0.2) is 24.1 Å². The number of thioether (sulfide) groups is 1. The Bertz CT molecular complexity index is 1720. The largest absolute Gasteiger partial charge is 1.00 e. The molecule has 0 aliphatic carbocycles. The fourth-order valence-corrected chi connectivity index (χ4v) is 7.63. The van der Waals surface area contributed by atoms with E-state index >= 15 is 0 Å². The summed E-state index contributed by atoms with van der Waals surface area (Å²) >= 11 is 1.02. The van der Waals surface area contributed by atoms with Gasteiger partial charge in [0.05, 0.1) is 19.5 Å². The van der Waals surface area contributed by atoms with Crippen LogP contribution >= 0.6 is 35.2 Å². The van der Waals surface area contributed by atoms with Crippen molar-refractivity contribution in [3.8, 4) is 0 Å². The number of nitrogen functional groups attached to an aromatic ring is 1. The summed E-state index contributed by atoms with van der Waals surface area (Å²) in [7, 11) is -16.6. The van der Waals surface area contributed by atoms with Crippen LogP contribution in [0.25, 0.3) is 11.2 Å². The molecule has 2 amide bonds. The van der Waals surface area contributed by atoms with Gasteiger partial charge in [-0.05, 0) is 0 Å². The summed E-state index contributed by atoms with van der Waals surface area (Å²) in [5, 5.41) is 26.0. The van der Waals surface area contributed by atoms with Gasteiger partial charge in [-0.2, -0.15) is 4.31 Å². The SMILES string of the molecule is CC(=O)SCCNC(=O)CCNC(=O)C(O)C(C)(C)COP(=O)(O)OP(=O)(O)OC[C@@H]1O[C@H](n2cnc3c(N)ncnc32)[C@@H](O)[C@H]1OP(=O)([O-])O.[Na+]. The molecule has 0 aromatic carbocycles. The maximum atomic E-state index is 12.6. The van der Waals surface area contributed by atoms with E-state index in [1.165, 1.54) is 20.8 Å². The van der Waals surface area contributed by atoms with Crippen molar-refractivity contribution in [3.05, 3.63) is 12.7 Å². The van der Waals surface area contributed by atoms with E-state index in [4.69, 9.17) is 19.5 Å². The molecular formula is C23H37N7NaO17P3S. The molecule has 52 heavy (non-hydrogen) atoms. The third-order valence-corrected chi connectivity index (χ3v) is 10.7. The van der Waals surface area contributed by atoms with E-state index in [-0.39, 0.29) is 71.2 Å². The smallest absolute Gasteiger partial charge is 0.756 e. The first-order chi connectivity index (χ1) is 23.5. The molecule has 2 aromatic rings. The Morgan fingerprint density at radius 3 is 2.40 bits per heavy atom. The zero-order valence-corrected chi connectivity index (χ0v) is 33.5. The molecule has 0 bridgehead atoms. The van der Waals surface area contributed by atoms with Crippen LogP contribution in [0.2, 0.25) is 0 Å². The number of phosphoric acid groups is 3. The number of anilines is 1. The van der Waals surface area contributed by atoms with E-state index in [0.29, 0.717) is 5.75 Å². The van der Waals surface area contributed by atoms with Gasteiger partial charge < -0.3 is 55.4 Å². The molecule has 0 saturated carbocycles. The first-order valence-corrected chi connectivity index (χ1v) is 20.0. The minimum absolute atomic E-state index is 0. The number of carbonyl (C=O) groups is 3. The van der Waals surface area contributed by atoms with Crippen molar-refractivity contribution < 1.29 is 110 Å². The summed E-state index contributed by atoms with van der Waals surface area (Å²) in [6.45, 7) is 1.85. The van der Waals surface area contributed by atoms with Gasteiger partial charge in [0, 0.05) is 37.6 Å². The molecule has 2 aromatic heterocycles. The van der Waals surface area contributed by atoms with Crippen molar-refractivity contribution >= 4 is 69.1 Å². The summed E-state index contributed by atoms with van der Waals surface area (Å²) in [5.41, 5.74) is 4.22. The van der Waals surface area contributed by atoms with Crippen LogP contribution in [0.1, 0.15) is 33.4 Å². The van der Waals surface area contributed by atoms with E-state index in [0.717, 1.165) is 29.0 Å². The molecule has 9 N–H and O–H groups in total. The number of hydrogen-bond acceptors (Lipinski definition) is 19. The van der Waals surface area contributed by atoms with Gasteiger partial charge in [0.15, 0.2) is 22.8 Å². The fraction of sp³-hybridized carbons (Fsp3) is 0.652. The third-order valence-electron chi connectivity index (χ3n) is 6.80. The van der Waals surface area contributed by atoms with Crippen molar-refractivity contribution in [2.75, 3.05) is 37.8 Å². The average molecular weight is 832 g/mol. The van der Waals surface area contributed by atoms with Crippen LogP contribution in [0.15, 0.2) is 12.7 Å². The minimum atomic E-state index is -5.57.